The van der Waals surface area contributed by atoms with Gasteiger partial charge >= 0.3 is 8.56 Å². The molecule has 0 bridgehead atoms. The van der Waals surface area contributed by atoms with Crippen molar-refractivity contribution in [3.63, 3.8) is 0 Å². The number of rotatable bonds is 10. The predicted octanol–water partition coefficient (Wildman–Crippen LogP) is 2.65. The fourth-order valence-corrected chi connectivity index (χ4v) is 13.4. The van der Waals surface area contributed by atoms with Gasteiger partial charge in [-0.2, -0.15) is 0 Å². The van der Waals surface area contributed by atoms with Gasteiger partial charge in [-0.1, -0.05) is 65.0 Å². The van der Waals surface area contributed by atoms with Gasteiger partial charge in [0, 0.05) is 0 Å². The second kappa shape index (κ2) is 8.85. The summed E-state index contributed by atoms with van der Waals surface area (Å²) in [5, 5.41) is 1.42. The lowest BCUT2D eigenvalue weighted by Crippen LogP contribution is -2.84. The standard InChI is InChI=1S/C16H33N3Si2/c1-6-17-21(18-7-2,16-14-12-11-13-15-16)19-20(8-3,9-4)10-5/h11-15,17-19H,6-10H2,1-5H3. The van der Waals surface area contributed by atoms with Gasteiger partial charge in [0.05, 0.1) is 0 Å². The molecule has 1 aromatic carbocycles. The van der Waals surface area contributed by atoms with Crippen molar-refractivity contribution in [1.29, 1.82) is 0 Å². The van der Waals surface area contributed by atoms with Crippen LogP contribution in [-0.4, -0.2) is 29.9 Å². The zero-order valence-corrected chi connectivity index (χ0v) is 16.4. The lowest BCUT2D eigenvalue weighted by atomic mass is 10.4. The third-order valence-electron chi connectivity index (χ3n) is 4.57. The highest BCUT2D eigenvalue weighted by Crippen LogP contribution is 2.18. The van der Waals surface area contributed by atoms with E-state index >= 15 is 0 Å². The molecule has 0 aliphatic carbocycles. The smallest absolute Gasteiger partial charge is 0.308 e. The molecule has 120 valence electrons. The minimum atomic E-state index is -2.06. The maximum atomic E-state index is 4.20. The molecule has 0 saturated heterocycles. The Morgan fingerprint density at radius 3 is 1.62 bits per heavy atom. The van der Waals surface area contributed by atoms with Gasteiger partial charge in [-0.3, -0.25) is 0 Å². The van der Waals surface area contributed by atoms with Crippen LogP contribution < -0.4 is 19.8 Å². The van der Waals surface area contributed by atoms with E-state index in [4.69, 9.17) is 0 Å². The fourth-order valence-electron chi connectivity index (χ4n) is 3.06. The lowest BCUT2D eigenvalue weighted by Gasteiger charge is -2.42. The molecule has 0 amide bonds. The molecular weight excluding hydrogens is 290 g/mol. The maximum Gasteiger partial charge on any atom is 0.308 e. The Kier molecular flexibility index (Phi) is 7.83. The number of nitrogens with one attached hydrogen (secondary N) is 3. The minimum Gasteiger partial charge on any atom is -0.331 e. The van der Waals surface area contributed by atoms with E-state index in [0.717, 1.165) is 13.1 Å². The molecule has 0 aliphatic heterocycles. The van der Waals surface area contributed by atoms with E-state index in [-0.39, 0.29) is 0 Å². The van der Waals surface area contributed by atoms with Crippen molar-refractivity contribution >= 4 is 22.0 Å². The molecule has 0 radical (unpaired) electrons. The first-order valence-electron chi connectivity index (χ1n) is 8.46. The van der Waals surface area contributed by atoms with Crippen LogP contribution in [0.4, 0.5) is 0 Å². The van der Waals surface area contributed by atoms with E-state index in [9.17, 15) is 0 Å². The Bertz CT molecular complexity index is 380. The molecule has 3 N–H and O–H groups in total. The summed E-state index contributed by atoms with van der Waals surface area (Å²) in [5.41, 5.74) is 0. The Balaban J connectivity index is 3.23. The van der Waals surface area contributed by atoms with Crippen LogP contribution in [0.3, 0.4) is 0 Å². The van der Waals surface area contributed by atoms with Crippen LogP contribution in [0.2, 0.25) is 18.1 Å². The van der Waals surface area contributed by atoms with Gasteiger partial charge in [0.1, 0.15) is 8.24 Å². The molecular formula is C16H33N3Si2. The lowest BCUT2D eigenvalue weighted by molar-refractivity contribution is 0.838. The van der Waals surface area contributed by atoms with Gasteiger partial charge in [-0.15, -0.1) is 0 Å². The highest BCUT2D eigenvalue weighted by Gasteiger charge is 2.42. The molecule has 0 aliphatic rings. The second-order valence-electron chi connectivity index (χ2n) is 5.64. The summed E-state index contributed by atoms with van der Waals surface area (Å²) in [6, 6.07) is 14.8. The summed E-state index contributed by atoms with van der Waals surface area (Å²) in [6.45, 7) is 13.5. The predicted molar refractivity (Wildman–Crippen MR) is 99.5 cm³/mol. The molecule has 1 aromatic rings. The third-order valence-corrected chi connectivity index (χ3v) is 15.2. The zero-order valence-electron chi connectivity index (χ0n) is 14.4. The first kappa shape index (κ1) is 18.6. The average molecular weight is 324 g/mol. The topological polar surface area (TPSA) is 36.1 Å². The van der Waals surface area contributed by atoms with Crippen molar-refractivity contribution in [3.05, 3.63) is 30.3 Å². The van der Waals surface area contributed by atoms with Gasteiger partial charge in [0.2, 0.25) is 0 Å². The minimum absolute atomic E-state index is 0.989. The van der Waals surface area contributed by atoms with Crippen LogP contribution in [0.1, 0.15) is 34.6 Å². The van der Waals surface area contributed by atoms with Crippen LogP contribution in [0.5, 0.6) is 0 Å². The summed E-state index contributed by atoms with van der Waals surface area (Å²) < 4.78 is 4.20. The van der Waals surface area contributed by atoms with E-state index in [0.29, 0.717) is 0 Å². The molecule has 0 spiro atoms. The van der Waals surface area contributed by atoms with Crippen LogP contribution in [0.15, 0.2) is 30.3 Å². The average Bonchev–Trinajstić information content (AvgIpc) is 2.54. The van der Waals surface area contributed by atoms with Crippen molar-refractivity contribution in [1.82, 2.24) is 14.6 Å². The molecule has 0 aromatic heterocycles. The van der Waals surface area contributed by atoms with Gasteiger partial charge < -0.3 is 14.6 Å². The highest BCUT2D eigenvalue weighted by molar-refractivity contribution is 6.97. The van der Waals surface area contributed by atoms with Crippen molar-refractivity contribution < 1.29 is 0 Å². The Morgan fingerprint density at radius 2 is 1.24 bits per heavy atom. The van der Waals surface area contributed by atoms with E-state index in [2.05, 4.69) is 79.6 Å². The largest absolute Gasteiger partial charge is 0.331 e. The van der Waals surface area contributed by atoms with Crippen molar-refractivity contribution in [2.45, 2.75) is 52.8 Å². The van der Waals surface area contributed by atoms with Gasteiger partial charge in [0.25, 0.3) is 0 Å². The van der Waals surface area contributed by atoms with Crippen molar-refractivity contribution in [2.24, 2.45) is 0 Å². The van der Waals surface area contributed by atoms with Crippen LogP contribution in [-0.2, 0) is 0 Å². The maximum absolute atomic E-state index is 4.20. The Morgan fingerprint density at radius 1 is 0.762 bits per heavy atom. The van der Waals surface area contributed by atoms with E-state index in [1.807, 2.05) is 0 Å². The fraction of sp³-hybridized carbons (Fsp3) is 0.625. The molecule has 0 saturated carbocycles. The van der Waals surface area contributed by atoms with Crippen LogP contribution >= 0.6 is 0 Å². The van der Waals surface area contributed by atoms with Crippen LogP contribution in [0.25, 0.3) is 0 Å². The quantitative estimate of drug-likeness (QED) is 0.579. The molecule has 21 heavy (non-hydrogen) atoms. The Labute approximate surface area is 133 Å². The molecule has 5 heteroatoms. The third kappa shape index (κ3) is 4.50. The second-order valence-corrected chi connectivity index (χ2v) is 14.1. The normalized spacial score (nSPS) is 12.6. The Hall–Kier alpha value is -0.466. The van der Waals surface area contributed by atoms with Gasteiger partial charge in [-0.25, -0.2) is 0 Å². The zero-order chi connectivity index (χ0) is 15.8. The molecule has 1 rings (SSSR count). The number of hydrogen-bond donors (Lipinski definition) is 3. The summed E-state index contributed by atoms with van der Waals surface area (Å²) >= 11 is 0. The molecule has 0 heterocycles. The first-order chi connectivity index (χ1) is 10.1. The van der Waals surface area contributed by atoms with Crippen LogP contribution in [0, 0.1) is 0 Å². The highest BCUT2D eigenvalue weighted by atomic mass is 28.4. The molecule has 0 unspecified atom stereocenters. The molecule has 0 fully saturated rings. The summed E-state index contributed by atoms with van der Waals surface area (Å²) in [6.07, 6.45) is 0. The summed E-state index contributed by atoms with van der Waals surface area (Å²) in [4.78, 5) is 7.65. The van der Waals surface area contributed by atoms with Crippen molar-refractivity contribution in [3.8, 4) is 0 Å². The van der Waals surface area contributed by atoms with Crippen molar-refractivity contribution in [2.75, 3.05) is 13.1 Å². The van der Waals surface area contributed by atoms with Gasteiger partial charge in [0.15, 0.2) is 0 Å². The SMILES string of the molecule is CCN[Si](NCC)(N[Si](CC)(CC)CC)c1ccccc1. The van der Waals surface area contributed by atoms with E-state index < -0.39 is 16.8 Å². The molecule has 0 atom stereocenters. The monoisotopic (exact) mass is 323 g/mol. The number of hydrogen-bond acceptors (Lipinski definition) is 3. The number of benzene rings is 1. The van der Waals surface area contributed by atoms with E-state index in [1.165, 1.54) is 23.3 Å². The molecule has 3 nitrogen and oxygen atoms in total. The summed E-state index contributed by atoms with van der Waals surface area (Å²) in [7, 11) is -3.48. The van der Waals surface area contributed by atoms with E-state index in [1.54, 1.807) is 0 Å². The first-order valence-corrected chi connectivity index (χ1v) is 13.1. The summed E-state index contributed by atoms with van der Waals surface area (Å²) in [5.74, 6) is 0. The van der Waals surface area contributed by atoms with Gasteiger partial charge in [-0.05, 0) is 36.4 Å².